The first-order valence-electron chi connectivity index (χ1n) is 15.6. The van der Waals surface area contributed by atoms with E-state index in [4.69, 9.17) is 18.6 Å². The number of rotatable bonds is 5. The zero-order valence-corrected chi connectivity index (χ0v) is 25.2. The molecule has 13 atom stereocenters. The van der Waals surface area contributed by atoms with Crippen LogP contribution in [0, 0.1) is 22.7 Å². The van der Waals surface area contributed by atoms with Crippen molar-refractivity contribution in [3.8, 4) is 0 Å². The van der Waals surface area contributed by atoms with Gasteiger partial charge < -0.3 is 43.8 Å². The molecule has 1 saturated heterocycles. The zero-order chi connectivity index (χ0) is 31.8. The number of hydrogen-bond acceptors (Lipinski definition) is 12. The molecule has 0 amide bonds. The molecule has 1 aliphatic heterocycles. The highest BCUT2D eigenvalue weighted by Gasteiger charge is 2.76. The summed E-state index contributed by atoms with van der Waals surface area (Å²) in [4.78, 5) is 50.8. The van der Waals surface area contributed by atoms with E-state index in [1.54, 1.807) is 19.9 Å². The van der Waals surface area contributed by atoms with Gasteiger partial charge in [0.2, 0.25) is 0 Å². The van der Waals surface area contributed by atoms with Crippen molar-refractivity contribution in [2.45, 2.75) is 126 Å². The van der Waals surface area contributed by atoms with E-state index >= 15 is 0 Å². The number of aliphatic hydroxyl groups excluding tert-OH is 2. The van der Waals surface area contributed by atoms with Gasteiger partial charge in [0.1, 0.15) is 30.4 Å². The Labute approximate surface area is 254 Å². The maximum Gasteiger partial charge on any atom is 0.335 e. The van der Waals surface area contributed by atoms with Gasteiger partial charge in [-0.25, -0.2) is 4.79 Å². The molecule has 0 bridgehead atoms. The van der Waals surface area contributed by atoms with Crippen LogP contribution in [0.5, 0.6) is 0 Å². The Balaban J connectivity index is 1.28. The van der Waals surface area contributed by atoms with Crippen LogP contribution in [0.3, 0.4) is 0 Å². The fourth-order valence-corrected chi connectivity index (χ4v) is 9.75. The van der Waals surface area contributed by atoms with Crippen LogP contribution in [-0.4, -0.2) is 86.5 Å². The molecule has 4 saturated carbocycles. The number of ether oxygens (including phenoxy) is 3. The van der Waals surface area contributed by atoms with E-state index in [2.05, 4.69) is 0 Å². The summed E-state index contributed by atoms with van der Waals surface area (Å²) in [6.07, 6.45) is -3.77. The smallest absolute Gasteiger partial charge is 0.335 e. The van der Waals surface area contributed by atoms with Crippen LogP contribution in [0.1, 0.15) is 83.8 Å². The molecule has 44 heavy (non-hydrogen) atoms. The van der Waals surface area contributed by atoms with Crippen molar-refractivity contribution in [2.24, 2.45) is 22.7 Å². The Bertz CT molecular complexity index is 1380. The van der Waals surface area contributed by atoms with E-state index in [1.165, 1.54) is 19.1 Å². The first kappa shape index (κ1) is 31.5. The monoisotopic (exact) mass is 618 g/mol. The van der Waals surface area contributed by atoms with Crippen LogP contribution in [0.15, 0.2) is 27.4 Å². The third-order valence-electron chi connectivity index (χ3n) is 11.9. The summed E-state index contributed by atoms with van der Waals surface area (Å²) in [6.45, 7) is 4.63. The molecule has 1 aromatic heterocycles. The Morgan fingerprint density at radius 1 is 1.09 bits per heavy atom. The molecule has 0 spiro atoms. The summed E-state index contributed by atoms with van der Waals surface area (Å²) in [7, 11) is 0. The lowest BCUT2D eigenvalue weighted by molar-refractivity contribution is -0.301. The predicted molar refractivity (Wildman–Crippen MR) is 150 cm³/mol. The second-order valence-corrected chi connectivity index (χ2v) is 13.9. The van der Waals surface area contributed by atoms with Gasteiger partial charge in [-0.2, -0.15) is 0 Å². The van der Waals surface area contributed by atoms with Gasteiger partial charge in [-0.3, -0.25) is 9.59 Å². The van der Waals surface area contributed by atoms with E-state index in [-0.39, 0.29) is 56.8 Å². The third kappa shape index (κ3) is 4.39. The molecule has 0 radical (unpaired) electrons. The maximum atomic E-state index is 14.2. The minimum Gasteiger partial charge on any atom is -0.459 e. The van der Waals surface area contributed by atoms with Crippen LogP contribution in [0.25, 0.3) is 0 Å². The standard InChI is InChI=1S/C32H42O12/c1-16-13-22(42-17(2)34)25(36)28(41-16)43-18-7-10-30(15-33)24-20(8-11-31(30,39)14-18)32(40)12-9-19(21-5-4-6-23(35)44-21)29(32,3)27(38)26(24)37/h4-6,15-16,18-20,22,24-26,28,36-37,39-40H,7-14H2,1-3H3/t16-,18?,19?,20?,22-,24?,25+,26?,28+,29?,30?,31?,32?/m1/s1. The fraction of sp³-hybridized carbons (Fsp3) is 0.750. The van der Waals surface area contributed by atoms with Crippen LogP contribution in [-0.2, 0) is 28.6 Å². The molecular weight excluding hydrogens is 576 g/mol. The van der Waals surface area contributed by atoms with Gasteiger partial charge in [0.25, 0.3) is 0 Å². The summed E-state index contributed by atoms with van der Waals surface area (Å²) < 4.78 is 22.6. The van der Waals surface area contributed by atoms with Gasteiger partial charge in [0.05, 0.1) is 34.2 Å². The Morgan fingerprint density at radius 2 is 1.84 bits per heavy atom. The van der Waals surface area contributed by atoms with Gasteiger partial charge in [-0.1, -0.05) is 6.07 Å². The number of carbonyl (C=O) groups excluding carboxylic acids is 3. The van der Waals surface area contributed by atoms with Crippen molar-refractivity contribution in [3.05, 3.63) is 34.4 Å². The Kier molecular flexibility index (Phi) is 7.74. The molecule has 4 aliphatic carbocycles. The number of Topliss-reactive ketones (excluding diaryl/α,β-unsaturated/α-hetero) is 1. The molecule has 12 heteroatoms. The van der Waals surface area contributed by atoms with Crippen LogP contribution in [0.2, 0.25) is 0 Å². The second kappa shape index (κ2) is 10.8. The number of carbonyl (C=O) groups is 3. The largest absolute Gasteiger partial charge is 0.459 e. The van der Waals surface area contributed by atoms with Crippen molar-refractivity contribution in [1.82, 2.24) is 0 Å². The minimum atomic E-state index is -1.67. The molecule has 6 rings (SSSR count). The number of esters is 1. The third-order valence-corrected chi connectivity index (χ3v) is 11.9. The van der Waals surface area contributed by atoms with Crippen molar-refractivity contribution in [3.63, 3.8) is 0 Å². The Hall–Kier alpha value is -2.48. The molecular formula is C32H42O12. The van der Waals surface area contributed by atoms with Crippen molar-refractivity contribution >= 4 is 18.0 Å². The van der Waals surface area contributed by atoms with Crippen LogP contribution in [0.4, 0.5) is 0 Å². The van der Waals surface area contributed by atoms with E-state index in [0.29, 0.717) is 12.7 Å². The molecule has 9 unspecified atom stereocenters. The quantitative estimate of drug-likeness (QED) is 0.209. The average molecular weight is 619 g/mol. The number of hydrogen-bond donors (Lipinski definition) is 4. The van der Waals surface area contributed by atoms with Crippen molar-refractivity contribution in [2.75, 3.05) is 0 Å². The van der Waals surface area contributed by atoms with E-state index < -0.39 is 87.9 Å². The van der Waals surface area contributed by atoms with E-state index in [0.717, 1.165) is 0 Å². The topological polar surface area (TPSA) is 190 Å². The van der Waals surface area contributed by atoms with Gasteiger partial charge in [-0.05, 0) is 64.4 Å². The summed E-state index contributed by atoms with van der Waals surface area (Å²) in [6, 6.07) is 4.40. The number of ketones is 1. The van der Waals surface area contributed by atoms with Gasteiger partial charge in [0.15, 0.2) is 12.1 Å². The van der Waals surface area contributed by atoms with Gasteiger partial charge in [0, 0.05) is 37.7 Å². The van der Waals surface area contributed by atoms with E-state index in [1.807, 2.05) is 0 Å². The maximum absolute atomic E-state index is 14.2. The number of aldehydes is 1. The second-order valence-electron chi connectivity index (χ2n) is 13.9. The summed E-state index contributed by atoms with van der Waals surface area (Å²) in [5, 5.41) is 47.1. The molecule has 12 nitrogen and oxygen atoms in total. The molecule has 5 aliphatic rings. The lowest BCUT2D eigenvalue weighted by atomic mass is 9.40. The molecule has 242 valence electrons. The fourth-order valence-electron chi connectivity index (χ4n) is 9.75. The van der Waals surface area contributed by atoms with Crippen LogP contribution < -0.4 is 5.63 Å². The SMILES string of the molecule is CC(=O)O[C@@H]1C[C@@H](C)O[C@@H](OC2CCC3(C=O)C4C(O)C(=O)C5(C)C(c6cccc(=O)o6)CCC5(O)C4CCC3(O)C2)[C@H]1O. The molecule has 2 heterocycles. The zero-order valence-electron chi connectivity index (χ0n) is 25.2. The summed E-state index contributed by atoms with van der Waals surface area (Å²) in [5.74, 6) is -3.29. The van der Waals surface area contributed by atoms with Crippen LogP contribution >= 0.6 is 0 Å². The average Bonchev–Trinajstić information content (AvgIpc) is 3.25. The van der Waals surface area contributed by atoms with Gasteiger partial charge >= 0.3 is 11.6 Å². The number of aliphatic hydroxyl groups is 4. The van der Waals surface area contributed by atoms with Crippen molar-refractivity contribution in [1.29, 1.82) is 0 Å². The highest BCUT2D eigenvalue weighted by molar-refractivity contribution is 5.93. The first-order chi connectivity index (χ1) is 20.7. The lowest BCUT2D eigenvalue weighted by Gasteiger charge is -2.65. The summed E-state index contributed by atoms with van der Waals surface area (Å²) >= 11 is 0. The summed E-state index contributed by atoms with van der Waals surface area (Å²) in [5.41, 5.74) is -6.88. The lowest BCUT2D eigenvalue weighted by Crippen LogP contribution is -2.74. The molecule has 4 N–H and O–H groups in total. The minimum absolute atomic E-state index is 0.0252. The normalized spacial score (nSPS) is 48.5. The molecule has 0 aromatic carbocycles. The Morgan fingerprint density at radius 3 is 2.52 bits per heavy atom. The predicted octanol–water partition coefficient (Wildman–Crippen LogP) is 1.14. The van der Waals surface area contributed by atoms with Gasteiger partial charge in [-0.15, -0.1) is 0 Å². The molecule has 1 aromatic rings. The highest BCUT2D eigenvalue weighted by atomic mass is 16.7. The first-order valence-corrected chi connectivity index (χ1v) is 15.6. The van der Waals surface area contributed by atoms with E-state index in [9.17, 15) is 39.6 Å². The molecule has 5 fully saturated rings. The number of fused-ring (bicyclic) bond motifs is 5. The highest BCUT2D eigenvalue weighted by Crippen LogP contribution is 2.70. The van der Waals surface area contributed by atoms with Crippen molar-refractivity contribution < 1.29 is 53.4 Å².